The number of anilines is 2. The third-order valence-electron chi connectivity index (χ3n) is 7.67. The van der Waals surface area contributed by atoms with Crippen LogP contribution >= 0.6 is 0 Å². The van der Waals surface area contributed by atoms with E-state index in [4.69, 9.17) is 10.5 Å². The van der Waals surface area contributed by atoms with Crippen molar-refractivity contribution in [1.29, 1.82) is 0 Å². The summed E-state index contributed by atoms with van der Waals surface area (Å²) in [5.74, 6) is 1.03. The number of fused-ring (bicyclic) bond motifs is 1. The van der Waals surface area contributed by atoms with Gasteiger partial charge < -0.3 is 30.3 Å². The lowest BCUT2D eigenvalue weighted by atomic mass is 10.2. The highest BCUT2D eigenvalue weighted by molar-refractivity contribution is 6.01. The Morgan fingerprint density at radius 3 is 2.43 bits per heavy atom. The zero-order valence-corrected chi connectivity index (χ0v) is 24.2. The van der Waals surface area contributed by atoms with Gasteiger partial charge in [-0.15, -0.1) is 0 Å². The molecule has 0 bridgehead atoms. The molecule has 1 saturated carbocycles. The van der Waals surface area contributed by atoms with Crippen molar-refractivity contribution >= 4 is 28.6 Å². The normalized spacial score (nSPS) is 14.5. The van der Waals surface area contributed by atoms with Crippen molar-refractivity contribution in [3.63, 3.8) is 0 Å². The zero-order valence-electron chi connectivity index (χ0n) is 24.2. The number of hydrogen-bond acceptors (Lipinski definition) is 8. The van der Waals surface area contributed by atoms with Crippen LogP contribution in [0.4, 0.5) is 11.5 Å². The zero-order chi connectivity index (χ0) is 31.0. The van der Waals surface area contributed by atoms with Gasteiger partial charge in [0.05, 0.1) is 31.0 Å². The monoisotopic (exact) mass is 593 g/mol. The van der Waals surface area contributed by atoms with Gasteiger partial charge in [0.2, 0.25) is 0 Å². The lowest BCUT2D eigenvalue weighted by molar-refractivity contribution is -0.865. The van der Waals surface area contributed by atoms with E-state index in [2.05, 4.69) is 9.97 Å². The fourth-order valence-electron chi connectivity index (χ4n) is 5.05. The van der Waals surface area contributed by atoms with Crippen molar-refractivity contribution < 1.29 is 19.3 Å². The van der Waals surface area contributed by atoms with Crippen LogP contribution in [0.3, 0.4) is 0 Å². The van der Waals surface area contributed by atoms with Crippen LogP contribution in [0, 0.1) is 5.21 Å². The van der Waals surface area contributed by atoms with E-state index in [1.54, 1.807) is 80.8 Å². The van der Waals surface area contributed by atoms with Crippen molar-refractivity contribution in [2.24, 2.45) is 0 Å². The lowest BCUT2D eigenvalue weighted by Crippen LogP contribution is -2.40. The van der Waals surface area contributed by atoms with E-state index in [1.165, 1.54) is 38.6 Å². The second-order valence-corrected chi connectivity index (χ2v) is 10.9. The number of aromatic hydroxyl groups is 1. The molecule has 3 N–H and O–H groups in total. The number of phenols is 1. The summed E-state index contributed by atoms with van der Waals surface area (Å²) in [6.45, 7) is 0.226. The van der Waals surface area contributed by atoms with Gasteiger partial charge in [-0.3, -0.25) is 9.36 Å². The molecule has 0 radical (unpaired) electrons. The minimum absolute atomic E-state index is 0.110. The minimum Gasteiger partial charge on any atom is -0.633 e. The van der Waals surface area contributed by atoms with E-state index in [1.807, 2.05) is 0 Å². The Morgan fingerprint density at radius 2 is 1.75 bits per heavy atom. The topological polar surface area (TPSA) is 152 Å². The summed E-state index contributed by atoms with van der Waals surface area (Å²) in [4.78, 5) is 36.9. The second kappa shape index (κ2) is 11.3. The summed E-state index contributed by atoms with van der Waals surface area (Å²) < 4.78 is 8.31. The number of carbonyl (C=O) groups excluding carboxylic acids is 1. The first-order valence-corrected chi connectivity index (χ1v) is 14.0. The molecule has 224 valence electrons. The lowest BCUT2D eigenvalue weighted by Gasteiger charge is -2.38. The molecule has 1 aliphatic carbocycles. The first-order valence-electron chi connectivity index (χ1n) is 14.0. The van der Waals surface area contributed by atoms with Crippen molar-refractivity contribution in [3.8, 4) is 28.6 Å². The largest absolute Gasteiger partial charge is 0.633 e. The predicted octanol–water partition coefficient (Wildman–Crippen LogP) is 4.28. The van der Waals surface area contributed by atoms with E-state index >= 15 is 0 Å². The Balaban J connectivity index is 1.31. The first-order chi connectivity index (χ1) is 21.1. The van der Waals surface area contributed by atoms with E-state index in [0.29, 0.717) is 39.7 Å². The van der Waals surface area contributed by atoms with Gasteiger partial charge in [0.15, 0.2) is 11.5 Å². The van der Waals surface area contributed by atoms with Gasteiger partial charge in [0.1, 0.15) is 29.1 Å². The Bertz CT molecular complexity index is 1920. The number of carbonyl (C=O) groups is 1. The van der Waals surface area contributed by atoms with Crippen molar-refractivity contribution in [2.45, 2.75) is 18.9 Å². The number of quaternary nitrogens is 1. The average molecular weight is 594 g/mol. The minimum atomic E-state index is -0.432. The molecule has 1 amide bonds. The number of nitrogens with zero attached hydrogens (tertiary/aromatic N) is 6. The SMILES string of the molecule is CN(C(=O)/C=C/C[N+](C)([O-])C1CC1)c1cccc(-n2c(=O)n(-c3ccc(Oc4ccc(O)cc4)cc3)c3c(N)ncnc32)c1. The van der Waals surface area contributed by atoms with Crippen molar-refractivity contribution in [3.05, 3.63) is 107 Å². The Morgan fingerprint density at radius 1 is 1.07 bits per heavy atom. The van der Waals surface area contributed by atoms with Crippen LogP contribution in [0.25, 0.3) is 22.5 Å². The number of nitrogens with two attached hydrogens (primary N) is 1. The molecule has 2 aromatic heterocycles. The van der Waals surface area contributed by atoms with Crippen LogP contribution in [0.5, 0.6) is 17.2 Å². The number of likely N-dealkylation sites (N-methyl/N-ethyl adjacent to an activating group) is 2. The highest BCUT2D eigenvalue weighted by Crippen LogP contribution is 2.31. The highest BCUT2D eigenvalue weighted by atomic mass is 16.5. The van der Waals surface area contributed by atoms with Gasteiger partial charge in [-0.25, -0.2) is 19.3 Å². The molecule has 1 fully saturated rings. The molecule has 5 aromatic rings. The van der Waals surface area contributed by atoms with E-state index < -0.39 is 5.69 Å². The number of amides is 1. The van der Waals surface area contributed by atoms with Crippen LogP contribution in [0.15, 0.2) is 96.1 Å². The highest BCUT2D eigenvalue weighted by Gasteiger charge is 2.34. The average Bonchev–Trinajstić information content (AvgIpc) is 3.83. The summed E-state index contributed by atoms with van der Waals surface area (Å²) in [5, 5.41) is 22.1. The summed E-state index contributed by atoms with van der Waals surface area (Å²) in [7, 11) is 3.26. The van der Waals surface area contributed by atoms with Gasteiger partial charge in [0, 0.05) is 31.7 Å². The molecule has 12 nitrogen and oxygen atoms in total. The van der Waals surface area contributed by atoms with Crippen LogP contribution in [-0.2, 0) is 4.79 Å². The number of benzene rings is 3. The number of hydroxylamine groups is 3. The van der Waals surface area contributed by atoms with Crippen LogP contribution < -0.4 is 21.1 Å². The number of aromatic nitrogens is 4. The second-order valence-electron chi connectivity index (χ2n) is 10.9. The Kier molecular flexibility index (Phi) is 7.37. The smallest absolute Gasteiger partial charge is 0.339 e. The maximum atomic E-state index is 14.0. The van der Waals surface area contributed by atoms with Crippen LogP contribution in [-0.4, -0.2) is 61.4 Å². The number of phenolic OH excluding ortho intramolecular Hbond substituents is 1. The predicted molar refractivity (Wildman–Crippen MR) is 167 cm³/mol. The maximum absolute atomic E-state index is 14.0. The standard InChI is InChI=1S/C32H31N7O5/c1-36(28(41)7-4-18-39(2,43)24-10-11-24)22-5-3-6-23(19-22)38-31-29(30(33)34-20-35-31)37(32(38)42)21-8-14-26(15-9-21)44-27-16-12-25(40)13-17-27/h3-9,12-17,19-20,24,40H,10-11,18H2,1-2H3,(H2,33,34,35)/b7-4+. The van der Waals surface area contributed by atoms with E-state index in [-0.39, 0.29) is 34.7 Å². The third-order valence-corrected chi connectivity index (χ3v) is 7.67. The van der Waals surface area contributed by atoms with Gasteiger partial charge in [-0.1, -0.05) is 6.07 Å². The summed E-state index contributed by atoms with van der Waals surface area (Å²) in [5.41, 5.74) is 7.99. The number of ether oxygens (including phenoxy) is 1. The van der Waals surface area contributed by atoms with Crippen molar-refractivity contribution in [1.82, 2.24) is 19.1 Å². The van der Waals surface area contributed by atoms with Crippen LogP contribution in [0.2, 0.25) is 0 Å². The Hall–Kier alpha value is -5.46. The quantitative estimate of drug-likeness (QED) is 0.146. The number of rotatable bonds is 9. The van der Waals surface area contributed by atoms with Gasteiger partial charge in [-0.2, -0.15) is 0 Å². The summed E-state index contributed by atoms with van der Waals surface area (Å²) in [6.07, 6.45) is 6.15. The summed E-state index contributed by atoms with van der Waals surface area (Å²) >= 11 is 0. The molecular weight excluding hydrogens is 562 g/mol. The number of hydrogen-bond donors (Lipinski definition) is 2. The van der Waals surface area contributed by atoms with E-state index in [0.717, 1.165) is 12.8 Å². The number of nitrogen functional groups attached to an aromatic ring is 1. The van der Waals surface area contributed by atoms with E-state index in [9.17, 15) is 19.9 Å². The molecular formula is C32H31N7O5. The molecule has 1 aliphatic rings. The molecule has 0 aliphatic heterocycles. The Labute approximate surface area is 252 Å². The molecule has 3 aromatic carbocycles. The molecule has 0 spiro atoms. The van der Waals surface area contributed by atoms with Crippen LogP contribution in [0.1, 0.15) is 12.8 Å². The first kappa shape index (κ1) is 28.6. The molecule has 0 saturated heterocycles. The molecule has 2 heterocycles. The maximum Gasteiger partial charge on any atom is 0.339 e. The third kappa shape index (κ3) is 5.63. The molecule has 6 rings (SSSR count). The van der Waals surface area contributed by atoms with Gasteiger partial charge in [0.25, 0.3) is 5.91 Å². The molecule has 1 atom stereocenters. The molecule has 44 heavy (non-hydrogen) atoms. The molecule has 12 heteroatoms. The van der Waals surface area contributed by atoms with Crippen molar-refractivity contribution in [2.75, 3.05) is 31.3 Å². The fourth-order valence-corrected chi connectivity index (χ4v) is 5.05. The van der Waals surface area contributed by atoms with Gasteiger partial charge in [-0.05, 0) is 72.8 Å². The number of imidazole rings is 1. The summed E-state index contributed by atoms with van der Waals surface area (Å²) in [6, 6.07) is 20.3. The van der Waals surface area contributed by atoms with Gasteiger partial charge >= 0.3 is 5.69 Å². The fraction of sp³-hybridized carbons (Fsp3) is 0.188. The molecule has 1 unspecified atom stereocenters.